The highest BCUT2D eigenvalue weighted by Gasteiger charge is 2.29. The van der Waals surface area contributed by atoms with Crippen LogP contribution in [0.15, 0.2) is 77.7 Å². The molecule has 0 aromatic heterocycles. The van der Waals surface area contributed by atoms with Gasteiger partial charge >= 0.3 is 5.97 Å². The SMILES string of the molecule is O=C(O)C(CCC(=O)N1CCc2ccccc21)NS(=O)(=O)c1ccc(-c2ccc(Cl)cc2)cc1. The van der Waals surface area contributed by atoms with Gasteiger partial charge in [0, 0.05) is 23.7 Å². The average Bonchev–Trinajstić information content (AvgIpc) is 3.26. The number of sulfonamides is 1. The van der Waals surface area contributed by atoms with Gasteiger partial charge in [0.05, 0.1) is 4.90 Å². The Morgan fingerprint density at radius 2 is 1.59 bits per heavy atom. The lowest BCUT2D eigenvalue weighted by atomic mass is 10.1. The topological polar surface area (TPSA) is 104 Å². The van der Waals surface area contributed by atoms with E-state index in [0.717, 1.165) is 28.8 Å². The molecule has 0 saturated heterocycles. The Hall–Kier alpha value is -3.20. The van der Waals surface area contributed by atoms with Crippen LogP contribution in [0.5, 0.6) is 0 Å². The molecule has 0 aliphatic carbocycles. The average molecular weight is 499 g/mol. The molecule has 7 nitrogen and oxygen atoms in total. The van der Waals surface area contributed by atoms with Gasteiger partial charge in [0.25, 0.3) is 0 Å². The molecule has 0 saturated carbocycles. The standard InChI is InChI=1S/C25H23ClN2O5S/c26-20-9-5-17(6-10-20)18-7-11-21(12-8-18)34(32,33)27-22(25(30)31)13-14-24(29)28-16-15-19-3-1-2-4-23(19)28/h1-12,22,27H,13-16H2,(H,30,31). The van der Waals surface area contributed by atoms with E-state index in [1.54, 1.807) is 29.2 Å². The van der Waals surface area contributed by atoms with E-state index in [9.17, 15) is 23.1 Å². The lowest BCUT2D eigenvalue weighted by Gasteiger charge is -2.19. The van der Waals surface area contributed by atoms with Gasteiger partial charge in [0.1, 0.15) is 6.04 Å². The van der Waals surface area contributed by atoms with Gasteiger partial charge in [-0.05, 0) is 59.9 Å². The number of nitrogens with one attached hydrogen (secondary N) is 1. The number of aliphatic carboxylic acids is 1. The fourth-order valence-electron chi connectivity index (χ4n) is 3.96. The first kappa shape index (κ1) is 23.9. The van der Waals surface area contributed by atoms with Gasteiger partial charge in [-0.2, -0.15) is 4.72 Å². The summed E-state index contributed by atoms with van der Waals surface area (Å²) in [6, 6.07) is 19.4. The number of carbonyl (C=O) groups is 2. The molecule has 176 valence electrons. The van der Waals surface area contributed by atoms with Crippen molar-refractivity contribution in [1.29, 1.82) is 0 Å². The number of halogens is 1. The largest absolute Gasteiger partial charge is 0.480 e. The Morgan fingerprint density at radius 3 is 2.24 bits per heavy atom. The molecule has 1 aliphatic heterocycles. The predicted molar refractivity (Wildman–Crippen MR) is 130 cm³/mol. The van der Waals surface area contributed by atoms with Crippen LogP contribution in [0.4, 0.5) is 5.69 Å². The normalized spacial score (nSPS) is 14.0. The highest BCUT2D eigenvalue weighted by atomic mass is 35.5. The number of carboxylic acid groups (broad SMARTS) is 1. The molecule has 0 fully saturated rings. The van der Waals surface area contributed by atoms with E-state index in [-0.39, 0.29) is 23.6 Å². The first-order chi connectivity index (χ1) is 16.2. The second kappa shape index (κ2) is 9.97. The maximum absolute atomic E-state index is 12.8. The third kappa shape index (κ3) is 5.30. The van der Waals surface area contributed by atoms with Crippen molar-refractivity contribution >= 4 is 39.2 Å². The van der Waals surface area contributed by atoms with E-state index in [0.29, 0.717) is 11.6 Å². The number of rotatable bonds is 8. The van der Waals surface area contributed by atoms with Crippen LogP contribution in [0.2, 0.25) is 5.02 Å². The molecular formula is C25H23ClN2O5S. The number of hydrogen-bond acceptors (Lipinski definition) is 4. The van der Waals surface area contributed by atoms with Gasteiger partial charge in [0.15, 0.2) is 0 Å². The second-order valence-corrected chi connectivity index (χ2v) is 10.2. The van der Waals surface area contributed by atoms with Gasteiger partial charge in [0.2, 0.25) is 15.9 Å². The summed E-state index contributed by atoms with van der Waals surface area (Å²) in [6.45, 7) is 0.529. The predicted octanol–water partition coefficient (Wildman–Crippen LogP) is 4.11. The van der Waals surface area contributed by atoms with Gasteiger partial charge in [-0.1, -0.05) is 54.1 Å². The zero-order chi connectivity index (χ0) is 24.3. The van der Waals surface area contributed by atoms with Crippen LogP contribution in [0, 0.1) is 0 Å². The van der Waals surface area contributed by atoms with Crippen LogP contribution in [0.1, 0.15) is 18.4 Å². The lowest BCUT2D eigenvalue weighted by molar-refractivity contribution is -0.139. The maximum Gasteiger partial charge on any atom is 0.321 e. The van der Waals surface area contributed by atoms with Gasteiger partial charge in [-0.15, -0.1) is 0 Å². The molecule has 1 amide bonds. The molecular weight excluding hydrogens is 476 g/mol. The van der Waals surface area contributed by atoms with E-state index in [4.69, 9.17) is 11.6 Å². The van der Waals surface area contributed by atoms with Crippen LogP contribution in [0.25, 0.3) is 11.1 Å². The molecule has 4 rings (SSSR count). The second-order valence-electron chi connectivity index (χ2n) is 8.01. The van der Waals surface area contributed by atoms with Crippen molar-refractivity contribution < 1.29 is 23.1 Å². The zero-order valence-corrected chi connectivity index (χ0v) is 19.7. The van der Waals surface area contributed by atoms with Crippen molar-refractivity contribution in [2.45, 2.75) is 30.2 Å². The third-order valence-corrected chi connectivity index (χ3v) is 7.51. The number of anilines is 1. The van der Waals surface area contributed by atoms with Gasteiger partial charge < -0.3 is 10.0 Å². The minimum atomic E-state index is -4.10. The van der Waals surface area contributed by atoms with Crippen molar-refractivity contribution in [2.24, 2.45) is 0 Å². The summed E-state index contributed by atoms with van der Waals surface area (Å²) in [7, 11) is -4.10. The summed E-state index contributed by atoms with van der Waals surface area (Å²) in [6.07, 6.45) is 0.487. The smallest absolute Gasteiger partial charge is 0.321 e. The zero-order valence-electron chi connectivity index (χ0n) is 18.1. The van der Waals surface area contributed by atoms with Crippen LogP contribution < -0.4 is 9.62 Å². The van der Waals surface area contributed by atoms with E-state index in [1.165, 1.54) is 12.1 Å². The van der Waals surface area contributed by atoms with Gasteiger partial charge in [-0.25, -0.2) is 8.42 Å². The minimum Gasteiger partial charge on any atom is -0.480 e. The number of carbonyl (C=O) groups excluding carboxylic acids is 1. The highest BCUT2D eigenvalue weighted by molar-refractivity contribution is 7.89. The summed E-state index contributed by atoms with van der Waals surface area (Å²) < 4.78 is 27.9. The number of para-hydroxylation sites is 1. The van der Waals surface area contributed by atoms with Crippen molar-refractivity contribution in [3.05, 3.63) is 83.4 Å². The molecule has 0 bridgehead atoms. The molecule has 0 radical (unpaired) electrons. The molecule has 3 aromatic rings. The summed E-state index contributed by atoms with van der Waals surface area (Å²) in [5, 5.41) is 10.2. The molecule has 1 unspecified atom stereocenters. The molecule has 34 heavy (non-hydrogen) atoms. The lowest BCUT2D eigenvalue weighted by Crippen LogP contribution is -2.41. The third-order valence-electron chi connectivity index (χ3n) is 5.77. The Kier molecular flexibility index (Phi) is 7.02. The van der Waals surface area contributed by atoms with Crippen molar-refractivity contribution in [3.8, 4) is 11.1 Å². The van der Waals surface area contributed by atoms with E-state index >= 15 is 0 Å². The number of nitrogens with zero attached hydrogens (tertiary/aromatic N) is 1. The number of fused-ring (bicyclic) bond motifs is 1. The summed E-state index contributed by atoms with van der Waals surface area (Å²) in [5.74, 6) is -1.57. The number of hydrogen-bond donors (Lipinski definition) is 2. The molecule has 1 atom stereocenters. The molecule has 9 heteroatoms. The molecule has 1 heterocycles. The Labute approximate surface area is 203 Å². The van der Waals surface area contributed by atoms with Crippen molar-refractivity contribution in [2.75, 3.05) is 11.4 Å². The molecule has 0 spiro atoms. The maximum atomic E-state index is 12.8. The summed E-state index contributed by atoms with van der Waals surface area (Å²) >= 11 is 5.90. The minimum absolute atomic E-state index is 0.0590. The Balaban J connectivity index is 1.42. The molecule has 2 N–H and O–H groups in total. The number of carboxylic acids is 1. The molecule has 1 aliphatic rings. The van der Waals surface area contributed by atoms with Crippen molar-refractivity contribution in [3.63, 3.8) is 0 Å². The highest BCUT2D eigenvalue weighted by Crippen LogP contribution is 2.28. The quantitative estimate of drug-likeness (QED) is 0.486. The van der Waals surface area contributed by atoms with Crippen LogP contribution in [-0.2, 0) is 26.0 Å². The van der Waals surface area contributed by atoms with Crippen LogP contribution in [0.3, 0.4) is 0 Å². The first-order valence-corrected chi connectivity index (χ1v) is 12.6. The van der Waals surface area contributed by atoms with E-state index < -0.39 is 22.0 Å². The fourth-order valence-corrected chi connectivity index (χ4v) is 5.31. The monoisotopic (exact) mass is 498 g/mol. The van der Waals surface area contributed by atoms with E-state index in [2.05, 4.69) is 4.72 Å². The van der Waals surface area contributed by atoms with Crippen molar-refractivity contribution in [1.82, 2.24) is 4.72 Å². The Bertz CT molecular complexity index is 1310. The summed E-state index contributed by atoms with van der Waals surface area (Å²) in [4.78, 5) is 26.0. The number of amides is 1. The number of benzene rings is 3. The van der Waals surface area contributed by atoms with E-state index in [1.807, 2.05) is 36.4 Å². The fraction of sp³-hybridized carbons (Fsp3) is 0.200. The summed E-state index contributed by atoms with van der Waals surface area (Å²) in [5.41, 5.74) is 3.54. The van der Waals surface area contributed by atoms with Gasteiger partial charge in [-0.3, -0.25) is 9.59 Å². The Morgan fingerprint density at radius 1 is 0.971 bits per heavy atom. The van der Waals surface area contributed by atoms with Crippen LogP contribution in [-0.4, -0.2) is 38.0 Å². The van der Waals surface area contributed by atoms with Crippen LogP contribution >= 0.6 is 11.6 Å². The molecule has 3 aromatic carbocycles. The first-order valence-electron chi connectivity index (χ1n) is 10.7.